The molecule has 2 unspecified atom stereocenters. The van der Waals surface area contributed by atoms with Gasteiger partial charge in [0.1, 0.15) is 11.4 Å². The third-order valence-corrected chi connectivity index (χ3v) is 6.07. The first-order valence-corrected chi connectivity index (χ1v) is 10.8. The van der Waals surface area contributed by atoms with Crippen molar-refractivity contribution in [3.8, 4) is 11.5 Å². The zero-order valence-corrected chi connectivity index (χ0v) is 18.8. The highest BCUT2D eigenvalue weighted by molar-refractivity contribution is 7.99. The van der Waals surface area contributed by atoms with Crippen molar-refractivity contribution in [2.24, 2.45) is 0 Å². The van der Waals surface area contributed by atoms with Crippen molar-refractivity contribution in [3.05, 3.63) is 59.7 Å². The molecule has 0 radical (unpaired) electrons. The summed E-state index contributed by atoms with van der Waals surface area (Å²) in [5.74, 6) is 1.18. The molecule has 0 saturated carbocycles. The van der Waals surface area contributed by atoms with Crippen LogP contribution < -0.4 is 14.8 Å². The summed E-state index contributed by atoms with van der Waals surface area (Å²) in [5.41, 5.74) is 1.05. The summed E-state index contributed by atoms with van der Waals surface area (Å²) < 4.78 is 10.6. The van der Waals surface area contributed by atoms with Crippen molar-refractivity contribution >= 4 is 23.6 Å². The molecule has 1 fully saturated rings. The molecule has 30 heavy (non-hydrogen) atoms. The van der Waals surface area contributed by atoms with Crippen molar-refractivity contribution in [1.29, 1.82) is 0 Å². The SMILES string of the molecule is COc1ccc(C(=O)N2C(C(=O)NC(C)(C)C)CSC2c2ccccc2)cc1OC. The molecule has 1 heterocycles. The van der Waals surface area contributed by atoms with Crippen molar-refractivity contribution in [2.45, 2.75) is 37.7 Å². The van der Waals surface area contributed by atoms with E-state index < -0.39 is 6.04 Å². The third kappa shape index (κ3) is 4.73. The van der Waals surface area contributed by atoms with Gasteiger partial charge in [-0.3, -0.25) is 9.59 Å². The fourth-order valence-electron chi connectivity index (χ4n) is 3.40. The zero-order valence-electron chi connectivity index (χ0n) is 18.0. The molecule has 1 saturated heterocycles. The summed E-state index contributed by atoms with van der Waals surface area (Å²) in [6.07, 6.45) is 0. The normalized spacial score (nSPS) is 18.8. The lowest BCUT2D eigenvalue weighted by Gasteiger charge is -2.31. The Bertz CT molecular complexity index is 911. The minimum Gasteiger partial charge on any atom is -0.493 e. The highest BCUT2D eigenvalue weighted by Gasteiger charge is 2.43. The van der Waals surface area contributed by atoms with Gasteiger partial charge in [-0.2, -0.15) is 0 Å². The van der Waals surface area contributed by atoms with Gasteiger partial charge in [-0.05, 0) is 44.5 Å². The molecule has 0 aromatic heterocycles. The highest BCUT2D eigenvalue weighted by Crippen LogP contribution is 2.42. The lowest BCUT2D eigenvalue weighted by Crippen LogP contribution is -2.52. The molecule has 160 valence electrons. The molecule has 2 amide bonds. The van der Waals surface area contributed by atoms with Crippen molar-refractivity contribution < 1.29 is 19.1 Å². The first kappa shape index (κ1) is 22.0. The molecule has 0 spiro atoms. The van der Waals surface area contributed by atoms with E-state index in [4.69, 9.17) is 9.47 Å². The Morgan fingerprint density at radius 2 is 1.70 bits per heavy atom. The van der Waals surface area contributed by atoms with Crippen LogP contribution in [-0.4, -0.2) is 48.3 Å². The predicted octanol–water partition coefficient (Wildman–Crippen LogP) is 3.87. The van der Waals surface area contributed by atoms with Crippen LogP contribution in [0.1, 0.15) is 42.1 Å². The molecule has 6 nitrogen and oxygen atoms in total. The van der Waals surface area contributed by atoms with Crippen LogP contribution in [0.3, 0.4) is 0 Å². The van der Waals surface area contributed by atoms with E-state index in [9.17, 15) is 9.59 Å². The minimum absolute atomic E-state index is 0.151. The molecular formula is C23H28N2O4S. The first-order chi connectivity index (χ1) is 14.2. The second kappa shape index (κ2) is 9.00. The van der Waals surface area contributed by atoms with Gasteiger partial charge < -0.3 is 19.7 Å². The molecule has 2 aromatic carbocycles. The maximum absolute atomic E-state index is 13.6. The van der Waals surface area contributed by atoms with Gasteiger partial charge in [0, 0.05) is 16.9 Å². The first-order valence-electron chi connectivity index (χ1n) is 9.78. The highest BCUT2D eigenvalue weighted by atomic mass is 32.2. The number of methoxy groups -OCH3 is 2. The number of carbonyl (C=O) groups is 2. The van der Waals surface area contributed by atoms with Crippen LogP contribution in [-0.2, 0) is 4.79 Å². The molecule has 1 aliphatic rings. The zero-order chi connectivity index (χ0) is 21.9. The van der Waals surface area contributed by atoms with Gasteiger partial charge in [-0.15, -0.1) is 11.8 Å². The van der Waals surface area contributed by atoms with Crippen LogP contribution in [0.2, 0.25) is 0 Å². The second-order valence-corrected chi connectivity index (χ2v) is 9.25. The molecule has 7 heteroatoms. The van der Waals surface area contributed by atoms with Gasteiger partial charge in [-0.25, -0.2) is 0 Å². The van der Waals surface area contributed by atoms with Crippen LogP contribution >= 0.6 is 11.8 Å². The summed E-state index contributed by atoms with van der Waals surface area (Å²) in [6.45, 7) is 5.80. The van der Waals surface area contributed by atoms with E-state index in [1.165, 1.54) is 7.11 Å². The van der Waals surface area contributed by atoms with Crippen LogP contribution in [0.4, 0.5) is 0 Å². The van der Waals surface area contributed by atoms with Crippen LogP contribution in [0, 0.1) is 0 Å². The molecule has 2 atom stereocenters. The van der Waals surface area contributed by atoms with Crippen molar-refractivity contribution in [1.82, 2.24) is 10.2 Å². The maximum atomic E-state index is 13.6. The molecule has 1 N–H and O–H groups in total. The molecule has 0 bridgehead atoms. The maximum Gasteiger partial charge on any atom is 0.255 e. The largest absolute Gasteiger partial charge is 0.493 e. The number of hydrogen-bond donors (Lipinski definition) is 1. The molecule has 1 aliphatic heterocycles. The summed E-state index contributed by atoms with van der Waals surface area (Å²) in [6, 6.07) is 14.3. The lowest BCUT2D eigenvalue weighted by atomic mass is 10.1. The van der Waals surface area contributed by atoms with Crippen molar-refractivity contribution in [2.75, 3.05) is 20.0 Å². The molecule has 2 aromatic rings. The average molecular weight is 429 g/mol. The van der Waals surface area contributed by atoms with Crippen LogP contribution in [0.25, 0.3) is 0 Å². The molecule has 0 aliphatic carbocycles. The van der Waals surface area contributed by atoms with Crippen LogP contribution in [0.5, 0.6) is 11.5 Å². The number of benzene rings is 2. The number of nitrogens with one attached hydrogen (secondary N) is 1. The standard InChI is InChI=1S/C23H28N2O4S/c1-23(2,3)24-20(26)17-14-30-22(15-9-7-6-8-10-15)25(17)21(27)16-11-12-18(28-4)19(13-16)29-5/h6-13,17,22H,14H2,1-5H3,(H,24,26). The smallest absolute Gasteiger partial charge is 0.255 e. The fourth-order valence-corrected chi connectivity index (χ4v) is 4.83. The van der Waals surface area contributed by atoms with Gasteiger partial charge in [0.15, 0.2) is 11.5 Å². The van der Waals surface area contributed by atoms with Gasteiger partial charge >= 0.3 is 0 Å². The van der Waals surface area contributed by atoms with Gasteiger partial charge in [0.2, 0.25) is 5.91 Å². The predicted molar refractivity (Wildman–Crippen MR) is 119 cm³/mol. The summed E-state index contributed by atoms with van der Waals surface area (Å²) in [7, 11) is 3.08. The Morgan fingerprint density at radius 3 is 2.30 bits per heavy atom. The van der Waals surface area contributed by atoms with Gasteiger partial charge in [-0.1, -0.05) is 30.3 Å². The minimum atomic E-state index is -0.569. The Hall–Kier alpha value is -2.67. The lowest BCUT2D eigenvalue weighted by molar-refractivity contribution is -0.126. The molecule has 3 rings (SSSR count). The Kier molecular flexibility index (Phi) is 6.61. The van der Waals surface area contributed by atoms with Gasteiger partial charge in [0.05, 0.1) is 14.2 Å². The quantitative estimate of drug-likeness (QED) is 0.783. The molecular weight excluding hydrogens is 400 g/mol. The second-order valence-electron chi connectivity index (χ2n) is 8.13. The number of nitrogens with zero attached hydrogens (tertiary/aromatic N) is 1. The number of rotatable bonds is 5. The topological polar surface area (TPSA) is 67.9 Å². The average Bonchev–Trinajstić information content (AvgIpc) is 3.17. The number of hydrogen-bond acceptors (Lipinski definition) is 5. The van der Waals surface area contributed by atoms with E-state index in [1.54, 1.807) is 42.0 Å². The number of ether oxygens (including phenoxy) is 2. The Balaban J connectivity index is 1.99. The van der Waals surface area contributed by atoms with Gasteiger partial charge in [0.25, 0.3) is 5.91 Å². The number of amides is 2. The van der Waals surface area contributed by atoms with E-state index >= 15 is 0 Å². The fraction of sp³-hybridized carbons (Fsp3) is 0.391. The Labute approximate surface area is 181 Å². The van der Waals surface area contributed by atoms with E-state index in [1.807, 2.05) is 51.1 Å². The Morgan fingerprint density at radius 1 is 1.03 bits per heavy atom. The van der Waals surface area contributed by atoms with E-state index in [0.717, 1.165) is 5.56 Å². The third-order valence-electron chi connectivity index (χ3n) is 4.75. The van der Waals surface area contributed by atoms with E-state index in [0.29, 0.717) is 22.8 Å². The number of thioether (sulfide) groups is 1. The van der Waals surface area contributed by atoms with Crippen molar-refractivity contribution in [3.63, 3.8) is 0 Å². The summed E-state index contributed by atoms with van der Waals surface area (Å²) >= 11 is 1.59. The number of carbonyl (C=O) groups excluding carboxylic acids is 2. The van der Waals surface area contributed by atoms with Crippen LogP contribution in [0.15, 0.2) is 48.5 Å². The monoisotopic (exact) mass is 428 g/mol. The van der Waals surface area contributed by atoms with E-state index in [-0.39, 0.29) is 22.7 Å². The summed E-state index contributed by atoms with van der Waals surface area (Å²) in [5, 5.41) is 2.77. The van der Waals surface area contributed by atoms with E-state index in [2.05, 4.69) is 5.32 Å². The summed E-state index contributed by atoms with van der Waals surface area (Å²) in [4.78, 5) is 28.3.